The highest BCUT2D eigenvalue weighted by atomic mass is 16.5. The van der Waals surface area contributed by atoms with Crippen LogP contribution in [-0.2, 0) is 4.74 Å². The van der Waals surface area contributed by atoms with Crippen molar-refractivity contribution in [2.45, 2.75) is 38.2 Å². The van der Waals surface area contributed by atoms with Crippen molar-refractivity contribution in [3.05, 3.63) is 0 Å². The lowest BCUT2D eigenvalue weighted by molar-refractivity contribution is 0.0324. The molecule has 0 bridgehead atoms. The molecule has 0 aromatic carbocycles. The van der Waals surface area contributed by atoms with E-state index in [9.17, 15) is 5.11 Å². The molecule has 2 rings (SSSR count). The smallest absolute Gasteiger partial charge is 0.0897 e. The Morgan fingerprint density at radius 3 is 2.63 bits per heavy atom. The highest BCUT2D eigenvalue weighted by Gasteiger charge is 2.21. The van der Waals surface area contributed by atoms with Crippen LogP contribution in [0.25, 0.3) is 0 Å². The highest BCUT2D eigenvalue weighted by Crippen LogP contribution is 2.28. The van der Waals surface area contributed by atoms with Crippen molar-refractivity contribution in [1.29, 1.82) is 0 Å². The molecular weight excluding hydrogens is 240 g/mol. The third kappa shape index (κ3) is 6.70. The van der Waals surface area contributed by atoms with Crippen LogP contribution >= 0.6 is 0 Å². The number of rotatable bonds is 9. The van der Waals surface area contributed by atoms with Crippen molar-refractivity contribution < 1.29 is 9.84 Å². The molecule has 0 spiro atoms. The zero-order valence-electron chi connectivity index (χ0n) is 12.3. The summed E-state index contributed by atoms with van der Waals surface area (Å²) in [5, 5.41) is 13.1. The molecule has 19 heavy (non-hydrogen) atoms. The Kier molecular flexibility index (Phi) is 6.57. The third-order valence-corrected chi connectivity index (χ3v) is 4.31. The van der Waals surface area contributed by atoms with E-state index in [4.69, 9.17) is 4.74 Å². The number of aliphatic hydroxyl groups is 1. The Labute approximate surface area is 117 Å². The molecule has 1 unspecified atom stereocenters. The summed E-state index contributed by atoms with van der Waals surface area (Å²) >= 11 is 0. The van der Waals surface area contributed by atoms with E-state index in [-0.39, 0.29) is 6.10 Å². The van der Waals surface area contributed by atoms with Crippen molar-refractivity contribution in [2.75, 3.05) is 46.4 Å². The Bertz CT molecular complexity index is 238. The molecule has 0 aromatic heterocycles. The summed E-state index contributed by atoms with van der Waals surface area (Å²) in [7, 11) is 2.20. The van der Waals surface area contributed by atoms with Gasteiger partial charge in [-0.15, -0.1) is 0 Å². The molecule has 2 fully saturated rings. The van der Waals surface area contributed by atoms with Crippen molar-refractivity contribution >= 4 is 0 Å². The highest BCUT2D eigenvalue weighted by molar-refractivity contribution is 4.73. The number of nitrogens with zero attached hydrogens (tertiary/aromatic N) is 1. The van der Waals surface area contributed by atoms with Crippen molar-refractivity contribution in [3.8, 4) is 0 Å². The zero-order chi connectivity index (χ0) is 13.5. The van der Waals surface area contributed by atoms with Crippen molar-refractivity contribution in [3.63, 3.8) is 0 Å². The largest absolute Gasteiger partial charge is 0.389 e. The summed E-state index contributed by atoms with van der Waals surface area (Å²) < 4.78 is 5.48. The van der Waals surface area contributed by atoms with Crippen LogP contribution in [0.4, 0.5) is 0 Å². The molecule has 0 amide bonds. The number of aliphatic hydroxyl groups excluding tert-OH is 1. The van der Waals surface area contributed by atoms with Crippen LogP contribution in [0.1, 0.15) is 32.1 Å². The second-order valence-corrected chi connectivity index (χ2v) is 6.37. The van der Waals surface area contributed by atoms with Crippen molar-refractivity contribution in [2.24, 2.45) is 11.8 Å². The lowest BCUT2D eigenvalue weighted by Crippen LogP contribution is -2.34. The molecule has 1 atom stereocenters. The van der Waals surface area contributed by atoms with Gasteiger partial charge in [-0.05, 0) is 70.6 Å². The minimum absolute atomic E-state index is 0.351. The van der Waals surface area contributed by atoms with E-state index in [0.29, 0.717) is 13.2 Å². The number of hydrogen-bond acceptors (Lipinski definition) is 4. The average Bonchev–Trinajstić information content (AvgIpc) is 3.21. The fraction of sp³-hybridized carbons (Fsp3) is 1.00. The van der Waals surface area contributed by atoms with E-state index in [0.717, 1.165) is 25.0 Å². The van der Waals surface area contributed by atoms with Gasteiger partial charge in [-0.1, -0.05) is 0 Å². The van der Waals surface area contributed by atoms with Gasteiger partial charge in [0.25, 0.3) is 0 Å². The maximum atomic E-state index is 9.76. The van der Waals surface area contributed by atoms with Crippen LogP contribution in [0.15, 0.2) is 0 Å². The standard InChI is InChI=1S/C15H30N2O2/c1-17-8-5-13(6-9-17)4-7-16-10-15(18)12-19-11-14-2-3-14/h13-16,18H,2-12H2,1H3. The number of nitrogens with one attached hydrogen (secondary N) is 1. The van der Waals surface area contributed by atoms with Crippen LogP contribution in [0.3, 0.4) is 0 Å². The van der Waals surface area contributed by atoms with Gasteiger partial charge in [0, 0.05) is 13.2 Å². The lowest BCUT2D eigenvalue weighted by atomic mass is 9.94. The summed E-state index contributed by atoms with van der Waals surface area (Å²) in [6, 6.07) is 0. The van der Waals surface area contributed by atoms with Gasteiger partial charge in [-0.2, -0.15) is 0 Å². The third-order valence-electron chi connectivity index (χ3n) is 4.31. The molecule has 1 aliphatic heterocycles. The number of ether oxygens (including phenoxy) is 1. The zero-order valence-corrected chi connectivity index (χ0v) is 12.3. The summed E-state index contributed by atoms with van der Waals surface area (Å²) in [6.45, 7) is 5.49. The first kappa shape index (κ1) is 15.2. The fourth-order valence-electron chi connectivity index (χ4n) is 2.64. The van der Waals surface area contributed by atoms with Crippen LogP contribution in [0, 0.1) is 11.8 Å². The van der Waals surface area contributed by atoms with Crippen LogP contribution in [0.2, 0.25) is 0 Å². The van der Waals surface area contributed by atoms with E-state index in [2.05, 4.69) is 17.3 Å². The maximum Gasteiger partial charge on any atom is 0.0897 e. The number of hydrogen-bond donors (Lipinski definition) is 2. The molecule has 1 saturated heterocycles. The molecule has 2 N–H and O–H groups in total. The second-order valence-electron chi connectivity index (χ2n) is 6.37. The Balaban J connectivity index is 1.40. The van der Waals surface area contributed by atoms with E-state index < -0.39 is 0 Å². The van der Waals surface area contributed by atoms with Gasteiger partial charge in [0.15, 0.2) is 0 Å². The minimum atomic E-state index is -0.351. The molecule has 4 heteroatoms. The predicted molar refractivity (Wildman–Crippen MR) is 77.3 cm³/mol. The SMILES string of the molecule is CN1CCC(CCNCC(O)COCC2CC2)CC1. The summed E-state index contributed by atoms with van der Waals surface area (Å²) in [5.74, 6) is 1.65. The Hall–Kier alpha value is -0.160. The fourth-order valence-corrected chi connectivity index (χ4v) is 2.64. The van der Waals surface area contributed by atoms with Gasteiger partial charge in [-0.3, -0.25) is 0 Å². The summed E-state index contributed by atoms with van der Waals surface area (Å²) in [5.41, 5.74) is 0. The summed E-state index contributed by atoms with van der Waals surface area (Å²) in [4.78, 5) is 2.41. The van der Waals surface area contributed by atoms with Gasteiger partial charge in [-0.25, -0.2) is 0 Å². The monoisotopic (exact) mass is 270 g/mol. The normalized spacial score (nSPS) is 23.7. The predicted octanol–water partition coefficient (Wildman–Crippen LogP) is 1.10. The first-order valence-corrected chi connectivity index (χ1v) is 7.89. The van der Waals surface area contributed by atoms with Gasteiger partial charge >= 0.3 is 0 Å². The maximum absolute atomic E-state index is 9.76. The lowest BCUT2D eigenvalue weighted by Gasteiger charge is -2.29. The quantitative estimate of drug-likeness (QED) is 0.616. The molecule has 0 radical (unpaired) electrons. The average molecular weight is 270 g/mol. The van der Waals surface area contributed by atoms with Gasteiger partial charge < -0.3 is 20.1 Å². The first-order valence-electron chi connectivity index (χ1n) is 7.89. The van der Waals surface area contributed by atoms with Crippen LogP contribution < -0.4 is 5.32 Å². The Morgan fingerprint density at radius 1 is 1.21 bits per heavy atom. The molecule has 1 aliphatic carbocycles. The molecule has 1 heterocycles. The van der Waals surface area contributed by atoms with Gasteiger partial charge in [0.1, 0.15) is 0 Å². The van der Waals surface area contributed by atoms with Crippen LogP contribution in [0.5, 0.6) is 0 Å². The first-order chi connectivity index (χ1) is 9.24. The van der Waals surface area contributed by atoms with Gasteiger partial charge in [0.2, 0.25) is 0 Å². The molecule has 1 saturated carbocycles. The van der Waals surface area contributed by atoms with Crippen molar-refractivity contribution in [1.82, 2.24) is 10.2 Å². The van der Waals surface area contributed by atoms with E-state index in [1.54, 1.807) is 0 Å². The van der Waals surface area contributed by atoms with E-state index >= 15 is 0 Å². The van der Waals surface area contributed by atoms with E-state index in [1.807, 2.05) is 0 Å². The van der Waals surface area contributed by atoms with Crippen LogP contribution in [-0.4, -0.2) is 62.6 Å². The minimum Gasteiger partial charge on any atom is -0.389 e. The Morgan fingerprint density at radius 2 is 1.95 bits per heavy atom. The number of piperidine rings is 1. The number of likely N-dealkylation sites (tertiary alicyclic amines) is 1. The molecule has 112 valence electrons. The molecule has 4 nitrogen and oxygen atoms in total. The topological polar surface area (TPSA) is 44.7 Å². The van der Waals surface area contributed by atoms with E-state index in [1.165, 1.54) is 45.2 Å². The molecule has 2 aliphatic rings. The second kappa shape index (κ2) is 8.20. The van der Waals surface area contributed by atoms with Gasteiger partial charge in [0.05, 0.1) is 12.7 Å². The summed E-state index contributed by atoms with van der Waals surface area (Å²) in [6.07, 6.45) is 6.16. The molecule has 0 aromatic rings. The molecular formula is C15H30N2O2.